The fourth-order valence-electron chi connectivity index (χ4n) is 8.79. The predicted octanol–water partition coefficient (Wildman–Crippen LogP) is 12.1. The molecule has 47 heavy (non-hydrogen) atoms. The van der Waals surface area contributed by atoms with Crippen molar-refractivity contribution >= 4 is 34.1 Å². The maximum absolute atomic E-state index is 6.40. The smallest absolute Gasteiger partial charge is 0.135 e. The first-order chi connectivity index (χ1) is 23.1. The molecule has 0 bridgehead atoms. The van der Waals surface area contributed by atoms with Crippen molar-refractivity contribution in [2.24, 2.45) is 0 Å². The summed E-state index contributed by atoms with van der Waals surface area (Å²) in [5.74, 6) is 1.36. The Morgan fingerprint density at radius 3 is 2.21 bits per heavy atom. The maximum atomic E-state index is 6.40. The molecule has 1 heterocycles. The van der Waals surface area contributed by atoms with Gasteiger partial charge in [0.1, 0.15) is 11.3 Å². The summed E-state index contributed by atoms with van der Waals surface area (Å²) in [4.78, 5) is 2.47. The Hall–Kier alpha value is -5.60. The van der Waals surface area contributed by atoms with Gasteiger partial charge in [0.15, 0.2) is 0 Å². The molecule has 10 rings (SSSR count). The zero-order chi connectivity index (χ0) is 31.3. The molecule has 2 atom stereocenters. The van der Waals surface area contributed by atoms with Gasteiger partial charge in [-0.1, -0.05) is 123 Å². The minimum Gasteiger partial charge on any atom is -0.456 e. The summed E-state index contributed by atoms with van der Waals surface area (Å²) in [5, 5.41) is 1.21. The van der Waals surface area contributed by atoms with Crippen molar-refractivity contribution < 1.29 is 4.42 Å². The van der Waals surface area contributed by atoms with Gasteiger partial charge < -0.3 is 9.32 Å². The number of benzene rings is 6. The minimum atomic E-state index is -0.0851. The van der Waals surface area contributed by atoms with E-state index in [4.69, 9.17) is 4.42 Å². The third-order valence-electron chi connectivity index (χ3n) is 10.9. The summed E-state index contributed by atoms with van der Waals surface area (Å²) in [7, 11) is 0. The third-order valence-corrected chi connectivity index (χ3v) is 10.9. The molecule has 1 aromatic heterocycles. The van der Waals surface area contributed by atoms with Crippen LogP contribution in [0.25, 0.3) is 39.3 Å². The first-order valence-corrected chi connectivity index (χ1v) is 16.6. The standard InChI is InChI=1S/C45H33NO/c1-45(2)37-20-10-8-15-30(37)31-24-23-29(27-38(31)45)46(28-13-4-3-5-14-28)39-21-12-19-33-35-25-26-41-44(36-18-9-11-22-40(36)47-41)43(35)34-17-7-6-16-32(34)42(33)39/h3-27,35,43H,1-2H3. The highest BCUT2D eigenvalue weighted by molar-refractivity contribution is 5.96. The molecule has 0 amide bonds. The van der Waals surface area contributed by atoms with Gasteiger partial charge >= 0.3 is 0 Å². The fraction of sp³-hybridized carbons (Fsp3) is 0.111. The van der Waals surface area contributed by atoms with Crippen LogP contribution in [0.5, 0.6) is 0 Å². The van der Waals surface area contributed by atoms with E-state index in [2.05, 4.69) is 170 Å². The highest BCUT2D eigenvalue weighted by Crippen LogP contribution is 2.58. The average Bonchev–Trinajstić information content (AvgIpc) is 3.61. The van der Waals surface area contributed by atoms with Crippen LogP contribution < -0.4 is 4.90 Å². The van der Waals surface area contributed by atoms with Crippen LogP contribution >= 0.6 is 0 Å². The Morgan fingerprint density at radius 1 is 0.596 bits per heavy atom. The maximum Gasteiger partial charge on any atom is 0.135 e. The largest absolute Gasteiger partial charge is 0.456 e. The van der Waals surface area contributed by atoms with E-state index in [0.717, 1.165) is 17.0 Å². The molecule has 0 fully saturated rings. The van der Waals surface area contributed by atoms with Crippen LogP contribution in [-0.2, 0) is 5.41 Å². The lowest BCUT2D eigenvalue weighted by Crippen LogP contribution is -2.22. The number of furan rings is 1. The molecule has 7 aromatic rings. The van der Waals surface area contributed by atoms with Crippen molar-refractivity contribution in [1.82, 2.24) is 0 Å². The summed E-state index contributed by atoms with van der Waals surface area (Å²) in [5.41, 5.74) is 16.4. The number of fused-ring (bicyclic) bond motifs is 13. The Kier molecular flexibility index (Phi) is 5.49. The number of para-hydroxylation sites is 2. The molecular weight excluding hydrogens is 571 g/mol. The summed E-state index contributed by atoms with van der Waals surface area (Å²) < 4.78 is 6.40. The van der Waals surface area contributed by atoms with Gasteiger partial charge in [0.05, 0.1) is 5.69 Å². The van der Waals surface area contributed by atoms with Crippen molar-refractivity contribution in [2.75, 3.05) is 4.90 Å². The molecular formula is C45H33NO. The van der Waals surface area contributed by atoms with E-state index in [-0.39, 0.29) is 17.3 Å². The molecule has 3 aliphatic carbocycles. The molecule has 224 valence electrons. The molecule has 0 N–H and O–H groups in total. The van der Waals surface area contributed by atoms with Gasteiger partial charge in [-0.15, -0.1) is 0 Å². The zero-order valence-electron chi connectivity index (χ0n) is 26.4. The van der Waals surface area contributed by atoms with Crippen LogP contribution in [0.3, 0.4) is 0 Å². The van der Waals surface area contributed by atoms with E-state index >= 15 is 0 Å². The first kappa shape index (κ1) is 26.6. The van der Waals surface area contributed by atoms with E-state index in [0.29, 0.717) is 0 Å². The van der Waals surface area contributed by atoms with E-state index in [9.17, 15) is 0 Å². The van der Waals surface area contributed by atoms with Crippen LogP contribution in [-0.4, -0.2) is 0 Å². The molecule has 0 saturated heterocycles. The van der Waals surface area contributed by atoms with Gasteiger partial charge in [0.2, 0.25) is 0 Å². The van der Waals surface area contributed by atoms with Gasteiger partial charge in [-0.2, -0.15) is 0 Å². The van der Waals surface area contributed by atoms with Crippen molar-refractivity contribution in [3.8, 4) is 22.3 Å². The lowest BCUT2D eigenvalue weighted by Gasteiger charge is -2.39. The van der Waals surface area contributed by atoms with E-state index < -0.39 is 0 Å². The van der Waals surface area contributed by atoms with Gasteiger partial charge in [0, 0.05) is 45.1 Å². The molecule has 0 saturated carbocycles. The zero-order valence-corrected chi connectivity index (χ0v) is 26.4. The van der Waals surface area contributed by atoms with Gasteiger partial charge in [0.25, 0.3) is 0 Å². The van der Waals surface area contributed by atoms with Crippen LogP contribution in [0.15, 0.2) is 150 Å². The van der Waals surface area contributed by atoms with Gasteiger partial charge in [-0.25, -0.2) is 0 Å². The van der Waals surface area contributed by atoms with Crippen molar-refractivity contribution in [3.05, 3.63) is 179 Å². The molecule has 0 aliphatic heterocycles. The monoisotopic (exact) mass is 603 g/mol. The number of rotatable bonds is 3. The second-order valence-corrected chi connectivity index (χ2v) is 13.6. The van der Waals surface area contributed by atoms with Crippen LogP contribution in [0.2, 0.25) is 0 Å². The molecule has 2 nitrogen and oxygen atoms in total. The number of allylic oxidation sites excluding steroid dienone is 1. The summed E-state index contributed by atoms with van der Waals surface area (Å²) >= 11 is 0. The van der Waals surface area contributed by atoms with Crippen molar-refractivity contribution in [3.63, 3.8) is 0 Å². The molecule has 6 aromatic carbocycles. The molecule has 2 heteroatoms. The van der Waals surface area contributed by atoms with E-state index in [1.54, 1.807) is 0 Å². The van der Waals surface area contributed by atoms with Crippen LogP contribution in [0, 0.1) is 0 Å². The number of hydrogen-bond donors (Lipinski definition) is 0. The van der Waals surface area contributed by atoms with Gasteiger partial charge in [-0.3, -0.25) is 0 Å². The minimum absolute atomic E-state index is 0.0851. The number of hydrogen-bond acceptors (Lipinski definition) is 2. The summed E-state index contributed by atoms with van der Waals surface area (Å²) in [6, 6.07) is 51.2. The topological polar surface area (TPSA) is 16.4 Å². The second-order valence-electron chi connectivity index (χ2n) is 13.6. The van der Waals surface area contributed by atoms with Crippen LogP contribution in [0.4, 0.5) is 17.1 Å². The Labute approximate surface area is 275 Å². The highest BCUT2D eigenvalue weighted by Gasteiger charge is 2.41. The quantitative estimate of drug-likeness (QED) is 0.200. The van der Waals surface area contributed by atoms with Gasteiger partial charge in [-0.05, 0) is 81.4 Å². The molecule has 0 spiro atoms. The number of nitrogens with zero attached hydrogens (tertiary/aromatic N) is 1. The Bertz CT molecular complexity index is 2410. The lowest BCUT2D eigenvalue weighted by atomic mass is 9.66. The highest BCUT2D eigenvalue weighted by atomic mass is 16.3. The summed E-state index contributed by atoms with van der Waals surface area (Å²) in [6.45, 7) is 4.72. The fourth-order valence-corrected chi connectivity index (χ4v) is 8.79. The SMILES string of the molecule is CC1(C)c2ccccc2-c2ccc(N(c3ccccc3)c3cccc4c3-c3ccccc3C3c5c(oc6ccccc56)C=CC43)cc21. The molecule has 2 unspecified atom stereocenters. The predicted molar refractivity (Wildman–Crippen MR) is 194 cm³/mol. The Balaban J connectivity index is 1.21. The lowest BCUT2D eigenvalue weighted by molar-refractivity contribution is 0.580. The number of anilines is 3. The van der Waals surface area contributed by atoms with Crippen molar-refractivity contribution in [2.45, 2.75) is 31.1 Å². The summed E-state index contributed by atoms with van der Waals surface area (Å²) in [6.07, 6.45) is 4.58. The average molecular weight is 604 g/mol. The van der Waals surface area contributed by atoms with E-state index in [1.165, 1.54) is 66.8 Å². The van der Waals surface area contributed by atoms with Crippen molar-refractivity contribution in [1.29, 1.82) is 0 Å². The third kappa shape index (κ3) is 3.67. The first-order valence-electron chi connectivity index (χ1n) is 16.6. The normalized spacial score (nSPS) is 17.7. The molecule has 0 radical (unpaired) electrons. The molecule has 3 aliphatic rings. The van der Waals surface area contributed by atoms with Crippen LogP contribution in [0.1, 0.15) is 59.3 Å². The second kappa shape index (κ2) is 9.70. The Morgan fingerprint density at radius 2 is 1.32 bits per heavy atom. The van der Waals surface area contributed by atoms with E-state index in [1.807, 2.05) is 0 Å².